The lowest BCUT2D eigenvalue weighted by Gasteiger charge is -2.36. The van der Waals surface area contributed by atoms with Crippen LogP contribution in [0.15, 0.2) is 0 Å². The van der Waals surface area contributed by atoms with Crippen molar-refractivity contribution in [2.24, 2.45) is 0 Å². The largest absolute Gasteiger partial charge is 0.472 e. The molecule has 12 heteroatoms. The standard InChI is InChI=1S/C23H40N4O6S2/c1-7-22(5,19(29)16(3)32-23(6,15-34)17(4)28)33-18(13-24-8-2)14-31-21-20(25-35-26-21)27-9-11-30-12-10-27/h16,18,24,34H,7-15H2,1-6H3/t16?,18-,22?,23?/m0/s1. The fraction of sp³-hybridized carbons (Fsp3) is 0.826. The normalized spacial score (nSPS) is 19.5. The van der Waals surface area contributed by atoms with Gasteiger partial charge in [-0.25, -0.2) is 0 Å². The number of morpholine rings is 1. The van der Waals surface area contributed by atoms with Crippen LogP contribution in [0.25, 0.3) is 0 Å². The van der Waals surface area contributed by atoms with Crippen LogP contribution in [-0.4, -0.2) is 95.5 Å². The first kappa shape index (κ1) is 29.9. The smallest absolute Gasteiger partial charge is 0.270 e. The lowest BCUT2D eigenvalue weighted by Crippen LogP contribution is -2.52. The van der Waals surface area contributed by atoms with Crippen LogP contribution < -0.4 is 15.0 Å². The predicted molar refractivity (Wildman–Crippen MR) is 139 cm³/mol. The van der Waals surface area contributed by atoms with Gasteiger partial charge in [0.05, 0.1) is 24.9 Å². The van der Waals surface area contributed by atoms with E-state index in [-0.39, 0.29) is 23.9 Å². The van der Waals surface area contributed by atoms with E-state index in [1.54, 1.807) is 20.8 Å². The van der Waals surface area contributed by atoms with Gasteiger partial charge in [-0.2, -0.15) is 17.0 Å². The second-order valence-electron chi connectivity index (χ2n) is 9.00. The summed E-state index contributed by atoms with van der Waals surface area (Å²) in [5, 5.41) is 3.27. The van der Waals surface area contributed by atoms with Crippen molar-refractivity contribution in [1.29, 1.82) is 0 Å². The number of anilines is 1. The first-order valence-electron chi connectivity index (χ1n) is 12.1. The molecule has 1 saturated heterocycles. The lowest BCUT2D eigenvalue weighted by molar-refractivity contribution is -0.173. The Morgan fingerprint density at radius 3 is 2.46 bits per heavy atom. The Morgan fingerprint density at radius 1 is 1.20 bits per heavy atom. The number of ether oxygens (including phenoxy) is 4. The molecule has 4 atom stereocenters. The molecule has 10 nitrogen and oxygen atoms in total. The number of nitrogens with one attached hydrogen (secondary N) is 1. The second kappa shape index (κ2) is 13.8. The molecule has 1 fully saturated rings. The zero-order valence-electron chi connectivity index (χ0n) is 21.7. The van der Waals surface area contributed by atoms with Gasteiger partial charge < -0.3 is 29.2 Å². The molecule has 1 aliphatic rings. The quantitative estimate of drug-likeness (QED) is 0.307. The molecule has 2 rings (SSSR count). The molecule has 1 N–H and O–H groups in total. The molecular weight excluding hydrogens is 492 g/mol. The van der Waals surface area contributed by atoms with Crippen molar-refractivity contribution in [2.75, 3.05) is 56.7 Å². The predicted octanol–water partition coefficient (Wildman–Crippen LogP) is 2.17. The summed E-state index contributed by atoms with van der Waals surface area (Å²) in [5.74, 6) is 0.910. The van der Waals surface area contributed by atoms with E-state index in [1.165, 1.54) is 6.92 Å². The number of thiol groups is 1. The molecule has 0 aromatic carbocycles. The molecule has 3 unspecified atom stereocenters. The van der Waals surface area contributed by atoms with Gasteiger partial charge in [0, 0.05) is 25.4 Å². The summed E-state index contributed by atoms with van der Waals surface area (Å²) in [6, 6.07) is 0. The number of nitrogens with zero attached hydrogens (tertiary/aromatic N) is 3. The minimum Gasteiger partial charge on any atom is -0.472 e. The minimum absolute atomic E-state index is 0.174. The summed E-state index contributed by atoms with van der Waals surface area (Å²) < 4.78 is 32.4. The summed E-state index contributed by atoms with van der Waals surface area (Å²) in [5.41, 5.74) is -2.28. The summed E-state index contributed by atoms with van der Waals surface area (Å²) >= 11 is 5.34. The van der Waals surface area contributed by atoms with Gasteiger partial charge in [-0.05, 0) is 40.7 Å². The number of rotatable bonds is 16. The van der Waals surface area contributed by atoms with E-state index in [4.69, 9.17) is 18.9 Å². The van der Waals surface area contributed by atoms with Crippen LogP contribution in [0.1, 0.15) is 48.0 Å². The van der Waals surface area contributed by atoms with Crippen molar-refractivity contribution in [2.45, 2.75) is 71.4 Å². The molecule has 0 radical (unpaired) electrons. The third kappa shape index (κ3) is 8.09. The highest BCUT2D eigenvalue weighted by Crippen LogP contribution is 2.28. The fourth-order valence-corrected chi connectivity index (χ4v) is 4.45. The molecule has 1 aromatic heterocycles. The van der Waals surface area contributed by atoms with Crippen LogP contribution >= 0.6 is 24.4 Å². The third-order valence-corrected chi connectivity index (χ3v) is 7.36. The highest BCUT2D eigenvalue weighted by atomic mass is 32.1. The van der Waals surface area contributed by atoms with E-state index in [0.717, 1.165) is 31.4 Å². The summed E-state index contributed by atoms with van der Waals surface area (Å²) in [6.07, 6.45) is -0.853. The van der Waals surface area contributed by atoms with Crippen molar-refractivity contribution in [3.05, 3.63) is 0 Å². The lowest BCUT2D eigenvalue weighted by atomic mass is 9.92. The van der Waals surface area contributed by atoms with Gasteiger partial charge in [-0.3, -0.25) is 9.59 Å². The number of aromatic nitrogens is 2. The molecule has 1 aromatic rings. The van der Waals surface area contributed by atoms with Crippen LogP contribution in [0.2, 0.25) is 0 Å². The summed E-state index contributed by atoms with van der Waals surface area (Å²) in [4.78, 5) is 27.6. The van der Waals surface area contributed by atoms with Gasteiger partial charge in [-0.15, -0.1) is 4.37 Å². The average Bonchev–Trinajstić information content (AvgIpc) is 3.34. The van der Waals surface area contributed by atoms with E-state index >= 15 is 0 Å². The number of likely N-dealkylation sites (N-methyl/N-ethyl adjacent to an activating group) is 1. The van der Waals surface area contributed by atoms with E-state index in [0.29, 0.717) is 37.9 Å². The molecular formula is C23H40N4O6S2. The topological polar surface area (TPSA) is 112 Å². The van der Waals surface area contributed by atoms with Crippen molar-refractivity contribution in [3.63, 3.8) is 0 Å². The van der Waals surface area contributed by atoms with Gasteiger partial charge in [0.25, 0.3) is 5.88 Å². The van der Waals surface area contributed by atoms with Crippen molar-refractivity contribution in [3.8, 4) is 5.88 Å². The van der Waals surface area contributed by atoms with E-state index in [1.807, 2.05) is 13.8 Å². The summed E-state index contributed by atoms with van der Waals surface area (Å²) in [7, 11) is 0. The van der Waals surface area contributed by atoms with Crippen molar-refractivity contribution < 1.29 is 28.5 Å². The molecule has 2 heterocycles. The van der Waals surface area contributed by atoms with Gasteiger partial charge >= 0.3 is 0 Å². The van der Waals surface area contributed by atoms with E-state index < -0.39 is 23.4 Å². The maximum atomic E-state index is 13.4. The first-order valence-corrected chi connectivity index (χ1v) is 13.5. The van der Waals surface area contributed by atoms with Crippen LogP contribution in [-0.2, 0) is 23.8 Å². The average molecular weight is 533 g/mol. The number of hydrogen-bond acceptors (Lipinski definition) is 12. The maximum absolute atomic E-state index is 13.4. The number of ketones is 2. The fourth-order valence-electron chi connectivity index (χ4n) is 3.64. The highest BCUT2D eigenvalue weighted by Gasteiger charge is 2.42. The van der Waals surface area contributed by atoms with Gasteiger partial charge in [0.1, 0.15) is 30.0 Å². The second-order valence-corrected chi connectivity index (χ2v) is 9.85. The minimum atomic E-state index is -1.15. The Balaban J connectivity index is 2.10. The van der Waals surface area contributed by atoms with Crippen LogP contribution in [0.5, 0.6) is 5.88 Å². The zero-order valence-corrected chi connectivity index (χ0v) is 23.4. The number of carbonyl (C=O) groups is 2. The zero-order chi connectivity index (χ0) is 26.1. The van der Waals surface area contributed by atoms with Gasteiger partial charge in [-0.1, -0.05) is 13.8 Å². The Kier molecular flexibility index (Phi) is 11.8. The Hall–Kier alpha value is -1.31. The molecule has 200 valence electrons. The van der Waals surface area contributed by atoms with Crippen molar-refractivity contribution >= 4 is 41.7 Å². The Labute approximate surface area is 218 Å². The van der Waals surface area contributed by atoms with Crippen molar-refractivity contribution in [1.82, 2.24) is 14.1 Å². The monoisotopic (exact) mass is 532 g/mol. The molecule has 0 saturated carbocycles. The summed E-state index contributed by atoms with van der Waals surface area (Å²) in [6.45, 7) is 14.5. The van der Waals surface area contributed by atoms with E-state index in [2.05, 4.69) is 31.6 Å². The van der Waals surface area contributed by atoms with Crippen LogP contribution in [0, 0.1) is 0 Å². The molecule has 0 spiro atoms. The maximum Gasteiger partial charge on any atom is 0.270 e. The molecule has 1 aliphatic heterocycles. The number of Topliss-reactive ketones (excluding diaryl/α,β-unsaturated/α-hetero) is 2. The molecule has 0 bridgehead atoms. The number of carbonyl (C=O) groups excluding carboxylic acids is 2. The highest BCUT2D eigenvalue weighted by molar-refractivity contribution is 7.80. The van der Waals surface area contributed by atoms with Gasteiger partial charge in [0.15, 0.2) is 11.6 Å². The van der Waals surface area contributed by atoms with Crippen LogP contribution in [0.4, 0.5) is 5.82 Å². The Morgan fingerprint density at radius 2 is 1.89 bits per heavy atom. The molecule has 35 heavy (non-hydrogen) atoms. The van der Waals surface area contributed by atoms with E-state index in [9.17, 15) is 9.59 Å². The molecule has 0 aliphatic carbocycles. The van der Waals surface area contributed by atoms with Crippen LogP contribution in [0.3, 0.4) is 0 Å². The Bertz CT molecular complexity index is 822. The van der Waals surface area contributed by atoms with Gasteiger partial charge in [0.2, 0.25) is 5.82 Å². The molecule has 0 amide bonds. The number of hydrogen-bond donors (Lipinski definition) is 2. The third-order valence-electron chi connectivity index (χ3n) is 6.26. The SMILES string of the molecule is CCNC[C@@H](COc1nsnc1N1CCOCC1)OC(C)(CC)C(=O)C(C)OC(C)(CS)C(C)=O. The first-order chi connectivity index (χ1) is 16.6.